The summed E-state index contributed by atoms with van der Waals surface area (Å²) in [5, 5.41) is 9.78. The van der Waals surface area contributed by atoms with E-state index in [0.717, 1.165) is 103 Å². The fraction of sp³-hybridized carbons (Fsp3) is 0.800. The Hall–Kier alpha value is -2.18. The van der Waals surface area contributed by atoms with Gasteiger partial charge in [-0.1, -0.05) is 128 Å². The van der Waals surface area contributed by atoms with Crippen LogP contribution in [-0.2, 0) is 19.1 Å². The fourth-order valence-electron chi connectivity index (χ4n) is 7.56. The second-order valence-electron chi connectivity index (χ2n) is 16.4. The molecule has 0 aromatic carbocycles. The summed E-state index contributed by atoms with van der Waals surface area (Å²) < 4.78 is 12.6. The number of rotatable bonds is 38. The molecule has 0 aliphatic carbocycles. The quantitative estimate of drug-likeness (QED) is 0.0382. The van der Waals surface area contributed by atoms with Crippen molar-refractivity contribution in [3.63, 3.8) is 0 Å². The highest BCUT2D eigenvalue weighted by Gasteiger charge is 2.44. The van der Waals surface area contributed by atoms with Crippen LogP contribution in [-0.4, -0.2) is 60.4 Å². The Kier molecular flexibility index (Phi) is 35.5. The number of carbonyl (C=O) groups excluding carboxylic acids is 2. The van der Waals surface area contributed by atoms with E-state index in [9.17, 15) is 14.7 Å². The number of aliphatic hydroxyl groups is 1. The molecule has 1 fully saturated rings. The summed E-state index contributed by atoms with van der Waals surface area (Å²) in [5.41, 5.74) is 0. The van der Waals surface area contributed by atoms with Gasteiger partial charge in [-0.2, -0.15) is 0 Å². The molecule has 0 aromatic rings. The van der Waals surface area contributed by atoms with Crippen LogP contribution in [0.4, 0.5) is 0 Å². The summed E-state index contributed by atoms with van der Waals surface area (Å²) in [6, 6.07) is 0. The molecule has 1 N–H and O–H groups in total. The molecule has 324 valence electrons. The molecule has 0 saturated carbocycles. The Labute approximate surface area is 346 Å². The van der Waals surface area contributed by atoms with E-state index in [2.05, 4.69) is 76.3 Å². The molecule has 56 heavy (non-hydrogen) atoms. The molecule has 6 heteroatoms. The number of likely N-dealkylation sites (tertiary alicyclic amines) is 1. The van der Waals surface area contributed by atoms with Gasteiger partial charge in [0.1, 0.15) is 12.2 Å². The first-order chi connectivity index (χ1) is 27.5. The maximum absolute atomic E-state index is 14.0. The number of β-amino-alcohol motifs (C(OH)–C–C–N with tert-alkyl or cyclic N) is 1. The van der Waals surface area contributed by atoms with Crippen molar-refractivity contribution in [1.82, 2.24) is 4.90 Å². The highest BCUT2D eigenvalue weighted by Crippen LogP contribution is 2.29. The molecule has 0 spiro atoms. The summed E-state index contributed by atoms with van der Waals surface area (Å²) >= 11 is 0. The number of nitrogens with zero attached hydrogens (tertiary/aromatic N) is 1. The van der Waals surface area contributed by atoms with Gasteiger partial charge in [0.05, 0.1) is 18.4 Å². The summed E-state index contributed by atoms with van der Waals surface area (Å²) in [6.45, 7) is 10.2. The van der Waals surface area contributed by atoms with Crippen molar-refractivity contribution in [3.05, 3.63) is 48.6 Å². The molecule has 1 rings (SSSR count). The topological polar surface area (TPSA) is 76.1 Å². The Morgan fingerprint density at radius 2 is 0.750 bits per heavy atom. The second kappa shape index (κ2) is 38.3. The largest absolute Gasteiger partial charge is 0.462 e. The van der Waals surface area contributed by atoms with E-state index in [1.165, 1.54) is 77.0 Å². The number of unbranched alkanes of at least 4 members (excludes halogenated alkanes) is 16. The van der Waals surface area contributed by atoms with Gasteiger partial charge in [0, 0.05) is 19.6 Å². The van der Waals surface area contributed by atoms with E-state index in [0.29, 0.717) is 19.6 Å². The van der Waals surface area contributed by atoms with Crippen LogP contribution in [0.1, 0.15) is 207 Å². The van der Waals surface area contributed by atoms with Crippen LogP contribution < -0.4 is 0 Å². The number of allylic oxidation sites excluding steroid dienone is 8. The van der Waals surface area contributed by atoms with E-state index in [4.69, 9.17) is 9.47 Å². The average Bonchev–Trinajstić information content (AvgIpc) is 3.63. The molecule has 1 aliphatic heterocycles. The van der Waals surface area contributed by atoms with Gasteiger partial charge in [0.2, 0.25) is 0 Å². The minimum atomic E-state index is -0.578. The molecule has 1 aliphatic rings. The summed E-state index contributed by atoms with van der Waals surface area (Å²) in [6.07, 6.45) is 48.7. The molecule has 0 radical (unpaired) electrons. The van der Waals surface area contributed by atoms with Gasteiger partial charge in [-0.3, -0.25) is 14.5 Å². The summed E-state index contributed by atoms with van der Waals surface area (Å²) in [7, 11) is 0. The standard InChI is InChI=1S/C50H89NO5/c1-5-9-13-17-21-25-29-33-37-45(38-34-30-26-22-18-14-10-6-2)55-49(53)47-43-51(41-42-52)44-48(47)50(54)56-46(39-35-31-27-23-19-15-11-7-3)40-36-32-28-24-20-16-12-8-4/h21-28,45-48,52H,5-20,29-44H2,1-4H3/b25-21-,26-22-,27-23-,28-24-. The predicted octanol–water partition coefficient (Wildman–Crippen LogP) is 13.6. The van der Waals surface area contributed by atoms with Gasteiger partial charge >= 0.3 is 11.9 Å². The second-order valence-corrected chi connectivity index (χ2v) is 16.4. The third-order valence-corrected chi connectivity index (χ3v) is 11.1. The van der Waals surface area contributed by atoms with Gasteiger partial charge < -0.3 is 14.6 Å². The number of esters is 2. The maximum Gasteiger partial charge on any atom is 0.311 e. The Morgan fingerprint density at radius 3 is 1.00 bits per heavy atom. The fourth-order valence-corrected chi connectivity index (χ4v) is 7.56. The number of aliphatic hydroxyl groups excluding tert-OH is 1. The number of ether oxygens (including phenoxy) is 2. The monoisotopic (exact) mass is 784 g/mol. The molecule has 2 unspecified atom stereocenters. The van der Waals surface area contributed by atoms with Crippen molar-refractivity contribution in [2.45, 2.75) is 220 Å². The lowest BCUT2D eigenvalue weighted by Gasteiger charge is -2.24. The highest BCUT2D eigenvalue weighted by molar-refractivity contribution is 5.83. The zero-order valence-corrected chi connectivity index (χ0v) is 37.1. The van der Waals surface area contributed by atoms with Crippen LogP contribution in [0, 0.1) is 11.8 Å². The van der Waals surface area contributed by atoms with Gasteiger partial charge in [0.25, 0.3) is 0 Å². The first-order valence-electron chi connectivity index (χ1n) is 23.8. The third kappa shape index (κ3) is 28.3. The smallest absolute Gasteiger partial charge is 0.311 e. The Morgan fingerprint density at radius 1 is 0.482 bits per heavy atom. The zero-order chi connectivity index (χ0) is 40.7. The average molecular weight is 784 g/mol. The molecule has 2 atom stereocenters. The van der Waals surface area contributed by atoms with Crippen LogP contribution in [0.5, 0.6) is 0 Å². The van der Waals surface area contributed by atoms with Crippen molar-refractivity contribution in [2.75, 3.05) is 26.2 Å². The third-order valence-electron chi connectivity index (χ3n) is 11.1. The van der Waals surface area contributed by atoms with Crippen LogP contribution in [0.3, 0.4) is 0 Å². The maximum atomic E-state index is 14.0. The van der Waals surface area contributed by atoms with Crippen molar-refractivity contribution < 1.29 is 24.2 Å². The highest BCUT2D eigenvalue weighted by atomic mass is 16.6. The van der Waals surface area contributed by atoms with E-state index >= 15 is 0 Å². The van der Waals surface area contributed by atoms with Gasteiger partial charge in [-0.05, 0) is 128 Å². The van der Waals surface area contributed by atoms with Crippen molar-refractivity contribution in [2.24, 2.45) is 11.8 Å². The number of hydrogen-bond donors (Lipinski definition) is 1. The van der Waals surface area contributed by atoms with Crippen LogP contribution in [0.2, 0.25) is 0 Å². The number of carbonyl (C=O) groups is 2. The number of hydrogen-bond acceptors (Lipinski definition) is 6. The van der Waals surface area contributed by atoms with Crippen LogP contribution >= 0.6 is 0 Å². The SMILES string of the molecule is CCCCC/C=C\CCCC(CCC/C=C\CCCCC)OC(=O)C1CN(CCO)CC1C(=O)OC(CCC/C=C\CCCCC)CCC/C=C\CCCCC. The molecule has 1 heterocycles. The van der Waals surface area contributed by atoms with Gasteiger partial charge in [0.15, 0.2) is 0 Å². The van der Waals surface area contributed by atoms with Crippen molar-refractivity contribution in [3.8, 4) is 0 Å². The first kappa shape index (κ1) is 51.8. The van der Waals surface area contributed by atoms with Crippen molar-refractivity contribution in [1.29, 1.82) is 0 Å². The van der Waals surface area contributed by atoms with E-state index < -0.39 is 11.8 Å². The van der Waals surface area contributed by atoms with Crippen LogP contribution in [0.15, 0.2) is 48.6 Å². The normalized spacial score (nSPS) is 16.6. The molecule has 0 amide bonds. The Balaban J connectivity index is 2.95. The molecular formula is C50H89NO5. The Bertz CT molecular complexity index is 904. The molecule has 0 aromatic heterocycles. The molecular weight excluding hydrogens is 695 g/mol. The van der Waals surface area contributed by atoms with E-state index in [1.54, 1.807) is 0 Å². The van der Waals surface area contributed by atoms with Crippen molar-refractivity contribution >= 4 is 11.9 Å². The summed E-state index contributed by atoms with van der Waals surface area (Å²) in [4.78, 5) is 30.0. The molecule has 0 bridgehead atoms. The minimum Gasteiger partial charge on any atom is -0.462 e. The first-order valence-corrected chi connectivity index (χ1v) is 23.8. The van der Waals surface area contributed by atoms with Gasteiger partial charge in [-0.15, -0.1) is 0 Å². The molecule has 1 saturated heterocycles. The lowest BCUT2D eigenvalue weighted by atomic mass is 9.95. The zero-order valence-electron chi connectivity index (χ0n) is 37.1. The van der Waals surface area contributed by atoms with E-state index in [-0.39, 0.29) is 30.8 Å². The van der Waals surface area contributed by atoms with E-state index in [1.807, 2.05) is 4.90 Å². The van der Waals surface area contributed by atoms with Crippen LogP contribution in [0.25, 0.3) is 0 Å². The molecule has 6 nitrogen and oxygen atoms in total. The lowest BCUT2D eigenvalue weighted by Crippen LogP contribution is -2.35. The predicted molar refractivity (Wildman–Crippen MR) is 239 cm³/mol. The lowest BCUT2D eigenvalue weighted by molar-refractivity contribution is -0.165. The minimum absolute atomic E-state index is 0.00929. The summed E-state index contributed by atoms with van der Waals surface area (Å²) in [5.74, 6) is -1.71. The van der Waals surface area contributed by atoms with Gasteiger partial charge in [-0.25, -0.2) is 0 Å².